The number of hydrogen-bond acceptors (Lipinski definition) is 5. The summed E-state index contributed by atoms with van der Waals surface area (Å²) >= 11 is 0.826. The molecule has 2 aromatic carbocycles. The highest BCUT2D eigenvalue weighted by Gasteiger charge is 2.57. The number of carboxylic acid groups (broad SMARTS) is 1. The zero-order valence-corrected chi connectivity index (χ0v) is 15.0. The average molecular weight is 377 g/mol. The van der Waals surface area contributed by atoms with Gasteiger partial charge in [-0.05, 0) is 11.6 Å². The molecule has 1 N–H and O–H groups in total. The van der Waals surface area contributed by atoms with Gasteiger partial charge in [0.1, 0.15) is 0 Å². The lowest BCUT2D eigenvalue weighted by Gasteiger charge is -2.28. The van der Waals surface area contributed by atoms with Crippen molar-refractivity contribution < 1.29 is 14.7 Å². The molecule has 2 aromatic rings. The third-order valence-electron chi connectivity index (χ3n) is 4.43. The Morgan fingerprint density at radius 1 is 1.11 bits per heavy atom. The van der Waals surface area contributed by atoms with Gasteiger partial charge in [-0.1, -0.05) is 48.5 Å². The van der Waals surface area contributed by atoms with Crippen molar-refractivity contribution in [2.45, 2.75) is 11.3 Å². The number of hydrogen-bond donors (Lipinski definition) is 1. The molecule has 1 aliphatic rings. The number of carboxylic acids is 1. The highest BCUT2D eigenvalue weighted by molar-refractivity contribution is 8.01. The van der Waals surface area contributed by atoms with Gasteiger partial charge in [-0.15, -0.1) is 11.8 Å². The van der Waals surface area contributed by atoms with Crippen LogP contribution in [0.25, 0.3) is 0 Å². The van der Waals surface area contributed by atoms with Gasteiger partial charge in [0.15, 0.2) is 10.7 Å². The molecule has 1 heterocycles. The van der Waals surface area contributed by atoms with E-state index in [0.29, 0.717) is 11.3 Å². The summed E-state index contributed by atoms with van der Waals surface area (Å²) in [6.07, 6.45) is 0. The number of anilines is 1. The second-order valence-electron chi connectivity index (χ2n) is 6.00. The molecule has 1 amide bonds. The Morgan fingerprint density at radius 3 is 2.37 bits per heavy atom. The summed E-state index contributed by atoms with van der Waals surface area (Å²) < 4.78 is -1.56. The van der Waals surface area contributed by atoms with Crippen LogP contribution in [0.4, 0.5) is 5.69 Å². The molecule has 1 atom stereocenters. The lowest BCUT2D eigenvalue weighted by atomic mass is 9.87. The maximum Gasteiger partial charge on any atom is 0.313 e. The summed E-state index contributed by atoms with van der Waals surface area (Å²) in [6, 6.07) is 20.1. The molecule has 27 heavy (non-hydrogen) atoms. The summed E-state index contributed by atoms with van der Waals surface area (Å²) in [6.45, 7) is 0.273. The van der Waals surface area contributed by atoms with Gasteiger partial charge in [-0.3, -0.25) is 9.59 Å². The third kappa shape index (κ3) is 3.14. The van der Waals surface area contributed by atoms with Crippen molar-refractivity contribution in [3.8, 4) is 12.1 Å². The summed E-state index contributed by atoms with van der Waals surface area (Å²) in [7, 11) is 0. The second-order valence-corrected chi connectivity index (χ2v) is 7.22. The molecule has 7 heteroatoms. The first kappa shape index (κ1) is 18.5. The fraction of sp³-hybridized carbons (Fsp3) is 0.200. The number of aliphatic carboxylic acids is 1. The van der Waals surface area contributed by atoms with Crippen molar-refractivity contribution in [3.63, 3.8) is 0 Å². The highest BCUT2D eigenvalue weighted by atomic mass is 32.2. The van der Waals surface area contributed by atoms with Crippen LogP contribution in [0.2, 0.25) is 0 Å². The molecule has 0 saturated carbocycles. The van der Waals surface area contributed by atoms with Gasteiger partial charge in [0.25, 0.3) is 5.91 Å². The summed E-state index contributed by atoms with van der Waals surface area (Å²) in [4.78, 5) is 26.2. The first-order chi connectivity index (χ1) is 13.0. The van der Waals surface area contributed by atoms with E-state index >= 15 is 0 Å². The minimum absolute atomic E-state index is 0.273. The number of carbonyl (C=O) groups is 2. The molecule has 0 fully saturated rings. The SMILES string of the molecule is N#CC(C#N)C1(SCC(=O)O)C(=O)N(Cc2ccccc2)c2ccccc21. The van der Waals surface area contributed by atoms with Gasteiger partial charge in [0.2, 0.25) is 0 Å². The number of benzene rings is 2. The summed E-state index contributed by atoms with van der Waals surface area (Å²) in [5.74, 6) is -3.25. The number of nitrogens with zero attached hydrogens (tertiary/aromatic N) is 3. The minimum atomic E-state index is -1.56. The quantitative estimate of drug-likeness (QED) is 0.830. The van der Waals surface area contributed by atoms with E-state index in [4.69, 9.17) is 5.11 Å². The Bertz CT molecular complexity index is 950. The first-order valence-electron chi connectivity index (χ1n) is 8.15. The van der Waals surface area contributed by atoms with Crippen LogP contribution in [-0.2, 0) is 20.9 Å². The molecule has 134 valence electrons. The van der Waals surface area contributed by atoms with Crippen molar-refractivity contribution in [1.29, 1.82) is 10.5 Å². The summed E-state index contributed by atoms with van der Waals surface area (Å²) in [5, 5.41) is 28.2. The first-order valence-corrected chi connectivity index (χ1v) is 9.13. The monoisotopic (exact) mass is 377 g/mol. The standard InChI is InChI=1S/C20H15N3O3S/c21-10-15(11-22)20(27-13-18(24)25)16-8-4-5-9-17(16)23(19(20)26)12-14-6-2-1-3-7-14/h1-9,15H,12-13H2,(H,24,25). The van der Waals surface area contributed by atoms with Crippen molar-refractivity contribution in [2.75, 3.05) is 10.7 Å². The predicted molar refractivity (Wildman–Crippen MR) is 101 cm³/mol. The highest BCUT2D eigenvalue weighted by Crippen LogP contribution is 2.53. The number of amides is 1. The van der Waals surface area contributed by atoms with E-state index in [1.807, 2.05) is 42.5 Å². The molecule has 0 saturated heterocycles. The minimum Gasteiger partial charge on any atom is -0.481 e. The van der Waals surface area contributed by atoms with E-state index in [0.717, 1.165) is 17.3 Å². The average Bonchev–Trinajstić information content (AvgIpc) is 2.92. The van der Waals surface area contributed by atoms with E-state index in [2.05, 4.69) is 0 Å². The van der Waals surface area contributed by atoms with E-state index in [9.17, 15) is 20.1 Å². The maximum absolute atomic E-state index is 13.5. The molecule has 6 nitrogen and oxygen atoms in total. The van der Waals surface area contributed by atoms with Crippen molar-refractivity contribution in [2.24, 2.45) is 5.92 Å². The molecule has 1 aliphatic heterocycles. The molecule has 3 rings (SSSR count). The predicted octanol–water partition coefficient (Wildman–Crippen LogP) is 2.91. The van der Waals surface area contributed by atoms with Gasteiger partial charge in [0, 0.05) is 11.3 Å². The van der Waals surface area contributed by atoms with E-state index in [1.54, 1.807) is 24.3 Å². The van der Waals surface area contributed by atoms with Crippen molar-refractivity contribution in [1.82, 2.24) is 0 Å². The maximum atomic E-state index is 13.5. The van der Waals surface area contributed by atoms with E-state index < -0.39 is 22.5 Å². The second kappa shape index (κ2) is 7.53. The van der Waals surface area contributed by atoms with Gasteiger partial charge in [-0.25, -0.2) is 0 Å². The Balaban J connectivity index is 2.13. The van der Waals surface area contributed by atoms with Crippen LogP contribution in [0.1, 0.15) is 11.1 Å². The number of para-hydroxylation sites is 1. The Labute approximate surface area is 160 Å². The van der Waals surface area contributed by atoms with Crippen LogP contribution >= 0.6 is 11.8 Å². The molecule has 0 bridgehead atoms. The van der Waals surface area contributed by atoms with Crippen LogP contribution in [0.3, 0.4) is 0 Å². The van der Waals surface area contributed by atoms with Gasteiger partial charge < -0.3 is 10.0 Å². The lowest BCUT2D eigenvalue weighted by Crippen LogP contribution is -2.43. The normalized spacial score (nSPS) is 18.0. The number of thioether (sulfide) groups is 1. The molecule has 0 aromatic heterocycles. The molecular weight excluding hydrogens is 362 g/mol. The molecular formula is C20H15N3O3S. The zero-order chi connectivity index (χ0) is 19.4. The lowest BCUT2D eigenvalue weighted by molar-refractivity contribution is -0.133. The fourth-order valence-corrected chi connectivity index (χ4v) is 4.44. The molecule has 0 aliphatic carbocycles. The van der Waals surface area contributed by atoms with Crippen LogP contribution in [-0.4, -0.2) is 22.7 Å². The number of fused-ring (bicyclic) bond motifs is 1. The van der Waals surface area contributed by atoms with E-state index in [-0.39, 0.29) is 12.3 Å². The number of carbonyl (C=O) groups excluding carboxylic acids is 1. The molecule has 0 radical (unpaired) electrons. The van der Waals surface area contributed by atoms with Crippen LogP contribution in [0.15, 0.2) is 54.6 Å². The van der Waals surface area contributed by atoms with Gasteiger partial charge >= 0.3 is 5.97 Å². The fourth-order valence-electron chi connectivity index (χ4n) is 3.26. The number of rotatable bonds is 6. The van der Waals surface area contributed by atoms with Crippen LogP contribution in [0.5, 0.6) is 0 Å². The Hall–Kier alpha value is -3.29. The summed E-state index contributed by atoms with van der Waals surface area (Å²) in [5.41, 5.74) is 2.00. The Morgan fingerprint density at radius 2 is 1.74 bits per heavy atom. The Kier molecular flexibility index (Phi) is 5.16. The van der Waals surface area contributed by atoms with Crippen molar-refractivity contribution >= 4 is 29.3 Å². The van der Waals surface area contributed by atoms with Crippen LogP contribution in [0, 0.1) is 28.6 Å². The van der Waals surface area contributed by atoms with Crippen LogP contribution < -0.4 is 4.90 Å². The smallest absolute Gasteiger partial charge is 0.313 e. The van der Waals surface area contributed by atoms with Gasteiger partial charge in [-0.2, -0.15) is 10.5 Å². The third-order valence-corrected chi connectivity index (χ3v) is 5.91. The topological polar surface area (TPSA) is 105 Å². The molecule has 1 unspecified atom stereocenters. The zero-order valence-electron chi connectivity index (χ0n) is 14.2. The largest absolute Gasteiger partial charge is 0.481 e. The van der Waals surface area contributed by atoms with Gasteiger partial charge in [0.05, 0.1) is 24.4 Å². The van der Waals surface area contributed by atoms with Crippen molar-refractivity contribution in [3.05, 3.63) is 65.7 Å². The number of nitriles is 2. The molecule has 0 spiro atoms. The van der Waals surface area contributed by atoms with E-state index in [1.165, 1.54) is 4.90 Å².